The van der Waals surface area contributed by atoms with E-state index in [9.17, 15) is 4.39 Å². The van der Waals surface area contributed by atoms with Crippen LogP contribution < -0.4 is 9.47 Å². The van der Waals surface area contributed by atoms with Gasteiger partial charge in [-0.2, -0.15) is 5.26 Å². The van der Waals surface area contributed by atoms with Crippen LogP contribution in [0.4, 0.5) is 4.39 Å². The molecule has 1 aliphatic rings. The van der Waals surface area contributed by atoms with Crippen LogP contribution >= 0.6 is 0 Å². The van der Waals surface area contributed by atoms with E-state index in [1.807, 2.05) is 32.0 Å². The van der Waals surface area contributed by atoms with E-state index >= 15 is 0 Å². The van der Waals surface area contributed by atoms with Gasteiger partial charge in [0.15, 0.2) is 11.5 Å². The van der Waals surface area contributed by atoms with Gasteiger partial charge in [0.2, 0.25) is 0 Å². The summed E-state index contributed by atoms with van der Waals surface area (Å²) in [5.74, 6) is 0.763. The van der Waals surface area contributed by atoms with Crippen LogP contribution in [0.2, 0.25) is 0 Å². The van der Waals surface area contributed by atoms with E-state index in [0.29, 0.717) is 11.5 Å². The topological polar surface area (TPSA) is 42.2 Å². The SMILES string of the molecule is CC1(C)Cc2cccc(Oc3cccc(F)c3C#N)c2O1. The van der Waals surface area contributed by atoms with Gasteiger partial charge in [-0.05, 0) is 32.0 Å². The van der Waals surface area contributed by atoms with Gasteiger partial charge in [-0.3, -0.25) is 0 Å². The van der Waals surface area contributed by atoms with Crippen LogP contribution in [0.5, 0.6) is 17.2 Å². The molecule has 0 saturated carbocycles. The maximum absolute atomic E-state index is 13.6. The summed E-state index contributed by atoms with van der Waals surface area (Å²) in [5.41, 5.74) is 0.654. The van der Waals surface area contributed by atoms with Gasteiger partial charge in [0, 0.05) is 12.0 Å². The fraction of sp³-hybridized carbons (Fsp3) is 0.235. The first-order valence-electron chi connectivity index (χ1n) is 6.67. The number of para-hydroxylation sites is 1. The smallest absolute Gasteiger partial charge is 0.169 e. The minimum atomic E-state index is -0.594. The zero-order valence-corrected chi connectivity index (χ0v) is 11.8. The number of fused-ring (bicyclic) bond motifs is 1. The number of hydrogen-bond acceptors (Lipinski definition) is 3. The molecule has 3 nitrogen and oxygen atoms in total. The van der Waals surface area contributed by atoms with E-state index in [0.717, 1.165) is 12.0 Å². The molecule has 0 spiro atoms. The van der Waals surface area contributed by atoms with Crippen LogP contribution in [0, 0.1) is 17.1 Å². The predicted octanol–water partition coefficient (Wildman–Crippen LogP) is 4.20. The lowest BCUT2D eigenvalue weighted by molar-refractivity contribution is 0.135. The molecule has 0 N–H and O–H groups in total. The summed E-state index contributed by atoms with van der Waals surface area (Å²) in [7, 11) is 0. The Kier molecular flexibility index (Phi) is 3.06. The van der Waals surface area contributed by atoms with Crippen molar-refractivity contribution in [2.24, 2.45) is 0 Å². The molecule has 0 saturated heterocycles. The summed E-state index contributed by atoms with van der Waals surface area (Å²) in [6, 6.07) is 11.7. The van der Waals surface area contributed by atoms with E-state index in [1.54, 1.807) is 12.1 Å². The van der Waals surface area contributed by atoms with Crippen LogP contribution in [0.15, 0.2) is 36.4 Å². The van der Waals surface area contributed by atoms with Gasteiger partial charge in [0.1, 0.15) is 28.8 Å². The second-order valence-electron chi connectivity index (χ2n) is 5.61. The van der Waals surface area contributed by atoms with Crippen molar-refractivity contribution in [1.29, 1.82) is 5.26 Å². The number of halogens is 1. The lowest BCUT2D eigenvalue weighted by Gasteiger charge is -2.18. The Hall–Kier alpha value is -2.54. The van der Waals surface area contributed by atoms with Crippen LogP contribution in [0.1, 0.15) is 25.0 Å². The van der Waals surface area contributed by atoms with E-state index < -0.39 is 5.82 Å². The molecule has 2 aromatic carbocycles. The Bertz CT molecular complexity index is 747. The third-order valence-electron chi connectivity index (χ3n) is 3.36. The zero-order valence-electron chi connectivity index (χ0n) is 11.8. The monoisotopic (exact) mass is 283 g/mol. The first kappa shape index (κ1) is 13.4. The highest BCUT2D eigenvalue weighted by Crippen LogP contribution is 2.43. The molecule has 0 aromatic heterocycles. The first-order chi connectivity index (χ1) is 10.00. The molecule has 0 unspecified atom stereocenters. The van der Waals surface area contributed by atoms with Crippen molar-refractivity contribution in [2.75, 3.05) is 0 Å². The zero-order chi connectivity index (χ0) is 15.0. The number of nitrogens with zero attached hydrogens (tertiary/aromatic N) is 1. The lowest BCUT2D eigenvalue weighted by atomic mass is 10.0. The molecular formula is C17H14FNO2. The molecule has 0 aliphatic carbocycles. The maximum Gasteiger partial charge on any atom is 0.169 e. The molecule has 4 heteroatoms. The van der Waals surface area contributed by atoms with Crippen molar-refractivity contribution in [3.05, 3.63) is 53.3 Å². The molecule has 106 valence electrons. The predicted molar refractivity (Wildman–Crippen MR) is 76.0 cm³/mol. The number of rotatable bonds is 2. The highest BCUT2D eigenvalue weighted by molar-refractivity contribution is 5.53. The fourth-order valence-electron chi connectivity index (χ4n) is 2.48. The van der Waals surface area contributed by atoms with Gasteiger partial charge in [-0.15, -0.1) is 0 Å². The van der Waals surface area contributed by atoms with Gasteiger partial charge in [-0.25, -0.2) is 4.39 Å². The minimum Gasteiger partial charge on any atom is -0.483 e. The molecule has 0 fully saturated rings. The standard InChI is InChI=1S/C17H14FNO2/c1-17(2)9-11-5-3-8-15(16(11)21-17)20-14-7-4-6-13(18)12(14)10-19/h3-8H,9H2,1-2H3. The van der Waals surface area contributed by atoms with Crippen LogP contribution in [-0.4, -0.2) is 5.60 Å². The third kappa shape index (κ3) is 2.43. The molecule has 0 atom stereocenters. The van der Waals surface area contributed by atoms with E-state index in [1.165, 1.54) is 12.1 Å². The summed E-state index contributed by atoms with van der Waals surface area (Å²) in [6.07, 6.45) is 0.786. The number of benzene rings is 2. The third-order valence-corrected chi connectivity index (χ3v) is 3.36. The van der Waals surface area contributed by atoms with E-state index in [4.69, 9.17) is 14.7 Å². The molecule has 1 aliphatic heterocycles. The van der Waals surface area contributed by atoms with Crippen molar-refractivity contribution in [3.63, 3.8) is 0 Å². The lowest BCUT2D eigenvalue weighted by Crippen LogP contribution is -2.24. The Balaban J connectivity index is 2.01. The highest BCUT2D eigenvalue weighted by atomic mass is 19.1. The molecule has 2 aromatic rings. The number of ether oxygens (including phenoxy) is 2. The summed E-state index contributed by atoms with van der Waals surface area (Å²) in [6.45, 7) is 4.00. The Morgan fingerprint density at radius 2 is 1.90 bits per heavy atom. The Labute approximate surface area is 122 Å². The Morgan fingerprint density at radius 3 is 2.67 bits per heavy atom. The van der Waals surface area contributed by atoms with Gasteiger partial charge < -0.3 is 9.47 Å². The van der Waals surface area contributed by atoms with Crippen LogP contribution in [0.3, 0.4) is 0 Å². The fourth-order valence-corrected chi connectivity index (χ4v) is 2.48. The molecule has 21 heavy (non-hydrogen) atoms. The molecule has 1 heterocycles. The first-order valence-corrected chi connectivity index (χ1v) is 6.67. The molecule has 0 bridgehead atoms. The average molecular weight is 283 g/mol. The summed E-state index contributed by atoms with van der Waals surface area (Å²) in [4.78, 5) is 0. The largest absolute Gasteiger partial charge is 0.483 e. The van der Waals surface area contributed by atoms with Crippen LogP contribution in [0.25, 0.3) is 0 Å². The molecule has 0 radical (unpaired) electrons. The van der Waals surface area contributed by atoms with Crippen molar-refractivity contribution in [3.8, 4) is 23.3 Å². The summed E-state index contributed by atoms with van der Waals surface area (Å²) < 4.78 is 25.2. The Morgan fingerprint density at radius 1 is 1.19 bits per heavy atom. The van der Waals surface area contributed by atoms with Crippen molar-refractivity contribution >= 4 is 0 Å². The highest BCUT2D eigenvalue weighted by Gasteiger charge is 2.32. The molecule has 0 amide bonds. The van der Waals surface area contributed by atoms with Crippen molar-refractivity contribution in [2.45, 2.75) is 25.9 Å². The molecule has 3 rings (SSSR count). The summed E-state index contributed by atoms with van der Waals surface area (Å²) >= 11 is 0. The number of nitriles is 1. The van der Waals surface area contributed by atoms with Gasteiger partial charge in [0.25, 0.3) is 0 Å². The second-order valence-corrected chi connectivity index (χ2v) is 5.61. The van der Waals surface area contributed by atoms with Crippen LogP contribution in [-0.2, 0) is 6.42 Å². The minimum absolute atomic E-state index is 0.104. The second kappa shape index (κ2) is 4.78. The van der Waals surface area contributed by atoms with Gasteiger partial charge in [0.05, 0.1) is 0 Å². The van der Waals surface area contributed by atoms with Crippen molar-refractivity contribution in [1.82, 2.24) is 0 Å². The van der Waals surface area contributed by atoms with E-state index in [-0.39, 0.29) is 16.9 Å². The number of hydrogen-bond donors (Lipinski definition) is 0. The van der Waals surface area contributed by atoms with E-state index in [2.05, 4.69) is 0 Å². The van der Waals surface area contributed by atoms with Gasteiger partial charge in [-0.1, -0.05) is 18.2 Å². The maximum atomic E-state index is 13.6. The van der Waals surface area contributed by atoms with Crippen molar-refractivity contribution < 1.29 is 13.9 Å². The quantitative estimate of drug-likeness (QED) is 0.829. The molecular weight excluding hydrogens is 269 g/mol. The average Bonchev–Trinajstić information content (AvgIpc) is 2.74. The summed E-state index contributed by atoms with van der Waals surface area (Å²) in [5, 5.41) is 9.05. The van der Waals surface area contributed by atoms with Gasteiger partial charge >= 0.3 is 0 Å². The normalized spacial score (nSPS) is 15.0.